The second-order valence-electron chi connectivity index (χ2n) is 4.85. The average Bonchev–Trinajstić information content (AvgIpc) is 2.96. The molecule has 2 rings (SSSR count). The fraction of sp³-hybridized carbons (Fsp3) is 0.538. The molecule has 0 aliphatic carbocycles. The number of amides is 1. The Bertz CT molecular complexity index is 546. The van der Waals surface area contributed by atoms with Crippen molar-refractivity contribution in [2.45, 2.75) is 13.3 Å². The second-order valence-corrected chi connectivity index (χ2v) is 5.24. The molecular weight excluding hydrogens is 298 g/mol. The van der Waals surface area contributed by atoms with Gasteiger partial charge in [-0.25, -0.2) is 4.98 Å². The van der Waals surface area contributed by atoms with Gasteiger partial charge in [-0.15, -0.1) is 0 Å². The lowest BCUT2D eigenvalue weighted by Crippen LogP contribution is -2.35. The van der Waals surface area contributed by atoms with Crippen molar-refractivity contribution in [1.29, 1.82) is 0 Å². The average molecular weight is 314 g/mol. The number of halogens is 1. The van der Waals surface area contributed by atoms with Crippen LogP contribution in [0, 0.1) is 16.0 Å². The van der Waals surface area contributed by atoms with Gasteiger partial charge < -0.3 is 9.64 Å². The van der Waals surface area contributed by atoms with Gasteiger partial charge in [0.25, 0.3) is 11.6 Å². The van der Waals surface area contributed by atoms with Gasteiger partial charge in [-0.05, 0) is 19.4 Å². The van der Waals surface area contributed by atoms with Gasteiger partial charge in [0.15, 0.2) is 0 Å². The Hall–Kier alpha value is -1.73. The molecule has 1 atom stereocenters. The molecule has 0 bridgehead atoms. The van der Waals surface area contributed by atoms with Crippen molar-refractivity contribution in [3.8, 4) is 0 Å². The molecule has 1 unspecified atom stereocenters. The molecule has 2 heterocycles. The zero-order valence-corrected chi connectivity index (χ0v) is 12.4. The molecular formula is C13H16ClN3O4. The van der Waals surface area contributed by atoms with Gasteiger partial charge in [-0.2, -0.15) is 0 Å². The van der Waals surface area contributed by atoms with E-state index in [0.717, 1.165) is 12.6 Å². The highest BCUT2D eigenvalue weighted by Gasteiger charge is 2.27. The largest absolute Gasteiger partial charge is 0.381 e. The Morgan fingerprint density at radius 2 is 2.43 bits per heavy atom. The summed E-state index contributed by atoms with van der Waals surface area (Å²) in [7, 11) is 0. The van der Waals surface area contributed by atoms with E-state index in [1.807, 2.05) is 6.92 Å². The first-order valence-electron chi connectivity index (χ1n) is 6.69. The predicted octanol–water partition coefficient (Wildman–Crippen LogP) is 2.14. The first-order chi connectivity index (χ1) is 10.0. The van der Waals surface area contributed by atoms with Gasteiger partial charge in [0.1, 0.15) is 16.9 Å². The molecule has 1 aromatic heterocycles. The summed E-state index contributed by atoms with van der Waals surface area (Å²) in [5.74, 6) is -0.134. The van der Waals surface area contributed by atoms with Crippen LogP contribution in [-0.4, -0.2) is 47.0 Å². The van der Waals surface area contributed by atoms with Crippen LogP contribution < -0.4 is 0 Å². The zero-order valence-electron chi connectivity index (χ0n) is 11.6. The van der Waals surface area contributed by atoms with Gasteiger partial charge in [-0.3, -0.25) is 14.9 Å². The monoisotopic (exact) mass is 313 g/mol. The van der Waals surface area contributed by atoms with Crippen molar-refractivity contribution >= 4 is 23.2 Å². The van der Waals surface area contributed by atoms with Crippen LogP contribution in [0.2, 0.25) is 5.15 Å². The number of aromatic nitrogens is 1. The molecule has 1 aliphatic rings. The second kappa shape index (κ2) is 6.82. The fourth-order valence-corrected chi connectivity index (χ4v) is 2.46. The highest BCUT2D eigenvalue weighted by atomic mass is 35.5. The third-order valence-electron chi connectivity index (χ3n) is 3.45. The van der Waals surface area contributed by atoms with Gasteiger partial charge >= 0.3 is 0 Å². The predicted molar refractivity (Wildman–Crippen MR) is 76.4 cm³/mol. The summed E-state index contributed by atoms with van der Waals surface area (Å²) in [4.78, 5) is 28.2. The van der Waals surface area contributed by atoms with Crippen LogP contribution in [0.4, 0.5) is 5.69 Å². The van der Waals surface area contributed by atoms with Crippen molar-refractivity contribution in [2.75, 3.05) is 26.3 Å². The number of ether oxygens (including phenoxy) is 1. The summed E-state index contributed by atoms with van der Waals surface area (Å²) in [6.45, 7) is 4.13. The minimum atomic E-state index is -0.622. The van der Waals surface area contributed by atoms with Crippen LogP contribution >= 0.6 is 11.6 Å². The number of rotatable bonds is 5. The van der Waals surface area contributed by atoms with Crippen molar-refractivity contribution in [2.24, 2.45) is 5.92 Å². The Morgan fingerprint density at radius 3 is 3.00 bits per heavy atom. The van der Waals surface area contributed by atoms with Crippen molar-refractivity contribution in [3.63, 3.8) is 0 Å². The number of nitro groups is 1. The smallest absolute Gasteiger partial charge is 0.300 e. The summed E-state index contributed by atoms with van der Waals surface area (Å²) in [5, 5.41) is 11.1. The number of carbonyl (C=O) groups excluding carboxylic acids is 1. The lowest BCUT2D eigenvalue weighted by molar-refractivity contribution is -0.385. The molecule has 1 amide bonds. The van der Waals surface area contributed by atoms with Gasteiger partial charge in [0.2, 0.25) is 0 Å². The molecule has 0 radical (unpaired) electrons. The number of hydrogen-bond acceptors (Lipinski definition) is 5. The lowest BCUT2D eigenvalue weighted by atomic mass is 10.1. The van der Waals surface area contributed by atoms with E-state index in [4.69, 9.17) is 16.3 Å². The molecule has 7 nitrogen and oxygen atoms in total. The summed E-state index contributed by atoms with van der Waals surface area (Å²) >= 11 is 5.76. The maximum atomic E-state index is 12.5. The maximum Gasteiger partial charge on any atom is 0.300 e. The number of hydrogen-bond donors (Lipinski definition) is 0. The first-order valence-corrected chi connectivity index (χ1v) is 7.07. The molecule has 1 aromatic rings. The molecule has 114 valence electrons. The Labute approximate surface area is 127 Å². The molecule has 21 heavy (non-hydrogen) atoms. The summed E-state index contributed by atoms with van der Waals surface area (Å²) < 4.78 is 5.29. The molecule has 1 fully saturated rings. The molecule has 0 saturated carbocycles. The lowest BCUT2D eigenvalue weighted by Gasteiger charge is -2.23. The molecule has 1 saturated heterocycles. The molecule has 1 aliphatic heterocycles. The molecule has 0 spiro atoms. The highest BCUT2D eigenvalue weighted by molar-refractivity contribution is 6.29. The Kier molecular flexibility index (Phi) is 5.08. The van der Waals surface area contributed by atoms with Gasteiger partial charge in [0.05, 0.1) is 11.5 Å². The molecule has 0 aromatic carbocycles. The fourth-order valence-electron chi connectivity index (χ4n) is 2.30. The summed E-state index contributed by atoms with van der Waals surface area (Å²) in [6, 6.07) is 1.25. The van der Waals surface area contributed by atoms with Crippen LogP contribution in [0.25, 0.3) is 0 Å². The van der Waals surface area contributed by atoms with Crippen LogP contribution in [0.15, 0.2) is 12.3 Å². The SMILES string of the molecule is CCN(CC1CCOC1)C(=O)c1cc(Cl)ncc1[N+](=O)[O-]. The molecule has 0 N–H and O–H groups in total. The number of nitrogens with zero attached hydrogens (tertiary/aromatic N) is 3. The Balaban J connectivity index is 2.23. The topological polar surface area (TPSA) is 85.6 Å². The van der Waals surface area contributed by atoms with Crippen molar-refractivity contribution in [3.05, 3.63) is 33.1 Å². The molecule has 8 heteroatoms. The van der Waals surface area contributed by atoms with E-state index in [0.29, 0.717) is 26.3 Å². The van der Waals surface area contributed by atoms with E-state index in [1.54, 1.807) is 4.90 Å². The standard InChI is InChI=1S/C13H16ClN3O4/c1-2-16(7-9-3-4-21-8-9)13(18)10-5-12(14)15-6-11(10)17(19)20/h5-6,9H,2-4,7-8H2,1H3. The van der Waals surface area contributed by atoms with E-state index in [1.165, 1.54) is 6.07 Å². The third kappa shape index (κ3) is 3.68. The van der Waals surface area contributed by atoms with Crippen LogP contribution in [-0.2, 0) is 4.74 Å². The van der Waals surface area contributed by atoms with E-state index in [9.17, 15) is 14.9 Å². The van der Waals surface area contributed by atoms with E-state index in [-0.39, 0.29) is 22.3 Å². The summed E-state index contributed by atoms with van der Waals surface area (Å²) in [6.07, 6.45) is 1.91. The third-order valence-corrected chi connectivity index (χ3v) is 3.65. The van der Waals surface area contributed by atoms with E-state index >= 15 is 0 Å². The number of pyridine rings is 1. The Morgan fingerprint density at radius 1 is 1.67 bits per heavy atom. The van der Waals surface area contributed by atoms with Crippen LogP contribution in [0.3, 0.4) is 0 Å². The maximum absolute atomic E-state index is 12.5. The number of carbonyl (C=O) groups is 1. The minimum absolute atomic E-state index is 0.0271. The quantitative estimate of drug-likeness (QED) is 0.472. The first kappa shape index (κ1) is 15.7. The van der Waals surface area contributed by atoms with E-state index < -0.39 is 10.8 Å². The van der Waals surface area contributed by atoms with Crippen molar-refractivity contribution in [1.82, 2.24) is 9.88 Å². The normalized spacial score (nSPS) is 17.7. The van der Waals surface area contributed by atoms with Crippen LogP contribution in [0.5, 0.6) is 0 Å². The summed E-state index contributed by atoms with van der Waals surface area (Å²) in [5.41, 5.74) is -0.355. The highest BCUT2D eigenvalue weighted by Crippen LogP contribution is 2.23. The zero-order chi connectivity index (χ0) is 15.4. The van der Waals surface area contributed by atoms with Crippen molar-refractivity contribution < 1.29 is 14.5 Å². The van der Waals surface area contributed by atoms with Gasteiger partial charge in [0, 0.05) is 25.6 Å². The minimum Gasteiger partial charge on any atom is -0.381 e. The van der Waals surface area contributed by atoms with Gasteiger partial charge in [-0.1, -0.05) is 11.6 Å². The van der Waals surface area contributed by atoms with Crippen LogP contribution in [0.1, 0.15) is 23.7 Å². The van der Waals surface area contributed by atoms with E-state index in [2.05, 4.69) is 4.98 Å².